The van der Waals surface area contributed by atoms with E-state index in [0.29, 0.717) is 11.6 Å². The van der Waals surface area contributed by atoms with Gasteiger partial charge in [0.05, 0.1) is 16.4 Å². The maximum atomic E-state index is 9.01. The molecule has 5 heteroatoms. The fourth-order valence-corrected chi connectivity index (χ4v) is 2.97. The molecule has 1 atom stereocenters. The van der Waals surface area contributed by atoms with Gasteiger partial charge in [-0.15, -0.1) is 0 Å². The summed E-state index contributed by atoms with van der Waals surface area (Å²) in [5.41, 5.74) is 6.36. The number of nitrogens with zero attached hydrogens (tertiary/aromatic N) is 2. The van der Waals surface area contributed by atoms with Crippen LogP contribution in [0.15, 0.2) is 16.7 Å². The zero-order chi connectivity index (χ0) is 12.3. The number of nitrogen functional groups attached to an aromatic ring is 1. The first kappa shape index (κ1) is 12.6. The molecule has 17 heavy (non-hydrogen) atoms. The van der Waals surface area contributed by atoms with Crippen LogP contribution in [-0.2, 0) is 0 Å². The Morgan fingerprint density at radius 3 is 3.12 bits per heavy atom. The van der Waals surface area contributed by atoms with Crippen molar-refractivity contribution in [2.45, 2.75) is 19.3 Å². The molecule has 0 aliphatic carbocycles. The molecule has 1 unspecified atom stereocenters. The van der Waals surface area contributed by atoms with Gasteiger partial charge in [-0.25, -0.2) is 4.98 Å². The fraction of sp³-hybridized carbons (Fsp3) is 0.583. The van der Waals surface area contributed by atoms with E-state index >= 15 is 0 Å². The number of pyridine rings is 1. The zero-order valence-corrected chi connectivity index (χ0v) is 11.4. The van der Waals surface area contributed by atoms with E-state index in [1.54, 1.807) is 6.20 Å². The smallest absolute Gasteiger partial charge is 0.143 e. The van der Waals surface area contributed by atoms with Gasteiger partial charge >= 0.3 is 0 Å². The molecule has 0 saturated carbocycles. The monoisotopic (exact) mass is 299 g/mol. The van der Waals surface area contributed by atoms with Gasteiger partial charge < -0.3 is 15.7 Å². The first-order valence-electron chi connectivity index (χ1n) is 5.97. The first-order valence-corrected chi connectivity index (χ1v) is 6.77. The van der Waals surface area contributed by atoms with E-state index < -0.39 is 0 Å². The minimum atomic E-state index is 0.273. The van der Waals surface area contributed by atoms with Crippen molar-refractivity contribution in [2.75, 3.05) is 30.3 Å². The summed E-state index contributed by atoms with van der Waals surface area (Å²) in [6.07, 6.45) is 4.92. The number of anilines is 2. The topological polar surface area (TPSA) is 62.4 Å². The molecule has 0 spiro atoms. The quantitative estimate of drug-likeness (QED) is 0.896. The van der Waals surface area contributed by atoms with Crippen LogP contribution in [-0.4, -0.2) is 29.8 Å². The predicted octanol–water partition coefficient (Wildman–Crippen LogP) is 2.03. The van der Waals surface area contributed by atoms with E-state index in [1.807, 2.05) is 6.07 Å². The van der Waals surface area contributed by atoms with E-state index in [-0.39, 0.29) is 6.61 Å². The lowest BCUT2D eigenvalue weighted by Crippen LogP contribution is -2.36. The van der Waals surface area contributed by atoms with Crippen LogP contribution in [0.5, 0.6) is 0 Å². The number of rotatable bonds is 3. The van der Waals surface area contributed by atoms with Gasteiger partial charge in [-0.2, -0.15) is 0 Å². The van der Waals surface area contributed by atoms with E-state index in [0.717, 1.165) is 36.2 Å². The molecule has 1 aromatic heterocycles. The van der Waals surface area contributed by atoms with Gasteiger partial charge in [0.15, 0.2) is 0 Å². The molecule has 1 saturated heterocycles. The van der Waals surface area contributed by atoms with Crippen molar-refractivity contribution in [3.8, 4) is 0 Å². The number of aromatic nitrogens is 1. The zero-order valence-electron chi connectivity index (χ0n) is 9.77. The Bertz CT molecular complexity index is 384. The summed E-state index contributed by atoms with van der Waals surface area (Å²) in [6.45, 7) is 2.27. The predicted molar refractivity (Wildman–Crippen MR) is 73.0 cm³/mol. The van der Waals surface area contributed by atoms with Gasteiger partial charge in [0.25, 0.3) is 0 Å². The van der Waals surface area contributed by atoms with Crippen LogP contribution in [0.4, 0.5) is 11.5 Å². The van der Waals surface area contributed by atoms with Gasteiger partial charge in [-0.3, -0.25) is 0 Å². The summed E-state index contributed by atoms with van der Waals surface area (Å²) in [5.74, 6) is 1.53. The van der Waals surface area contributed by atoms with Crippen molar-refractivity contribution < 1.29 is 5.11 Å². The third-order valence-corrected chi connectivity index (χ3v) is 3.78. The fourth-order valence-electron chi connectivity index (χ4n) is 2.35. The van der Waals surface area contributed by atoms with Crippen LogP contribution < -0.4 is 10.6 Å². The van der Waals surface area contributed by atoms with Gasteiger partial charge in [0.1, 0.15) is 5.82 Å². The highest BCUT2D eigenvalue weighted by molar-refractivity contribution is 9.10. The number of hydrogen-bond donors (Lipinski definition) is 2. The average molecular weight is 300 g/mol. The molecule has 0 bridgehead atoms. The van der Waals surface area contributed by atoms with Crippen molar-refractivity contribution in [3.05, 3.63) is 16.7 Å². The molecule has 1 aromatic rings. The molecule has 4 nitrogen and oxygen atoms in total. The Hall–Kier alpha value is -0.810. The Morgan fingerprint density at radius 2 is 2.41 bits per heavy atom. The molecule has 1 fully saturated rings. The molecular weight excluding hydrogens is 282 g/mol. The van der Waals surface area contributed by atoms with Crippen LogP contribution >= 0.6 is 15.9 Å². The number of nitrogens with two attached hydrogens (primary N) is 1. The SMILES string of the molecule is Nc1cnc(N2CCCC(CCO)C2)c(Br)c1. The van der Waals surface area contributed by atoms with Crippen molar-refractivity contribution in [1.82, 2.24) is 4.98 Å². The molecule has 0 amide bonds. The lowest BCUT2D eigenvalue weighted by atomic mass is 9.95. The number of aliphatic hydroxyl groups excluding tert-OH is 1. The lowest BCUT2D eigenvalue weighted by molar-refractivity contribution is 0.244. The number of halogens is 1. The van der Waals surface area contributed by atoms with Crippen LogP contribution in [0.25, 0.3) is 0 Å². The molecule has 2 heterocycles. The maximum Gasteiger partial charge on any atom is 0.143 e. The summed E-state index contributed by atoms with van der Waals surface area (Å²) in [6, 6.07) is 1.89. The number of piperidine rings is 1. The molecule has 0 aromatic carbocycles. The molecule has 0 radical (unpaired) electrons. The van der Waals surface area contributed by atoms with Gasteiger partial charge in [0, 0.05) is 19.7 Å². The second-order valence-corrected chi connectivity index (χ2v) is 5.39. The highest BCUT2D eigenvalue weighted by Crippen LogP contribution is 2.29. The third kappa shape index (κ3) is 3.10. The second-order valence-electron chi connectivity index (χ2n) is 4.54. The maximum absolute atomic E-state index is 9.01. The van der Waals surface area contributed by atoms with Gasteiger partial charge in [-0.1, -0.05) is 0 Å². The Labute approximate surface area is 110 Å². The Morgan fingerprint density at radius 1 is 1.59 bits per heavy atom. The van der Waals surface area contributed by atoms with Crippen LogP contribution in [0.1, 0.15) is 19.3 Å². The molecule has 1 aliphatic rings. The Balaban J connectivity index is 2.10. The van der Waals surface area contributed by atoms with Crippen LogP contribution in [0.3, 0.4) is 0 Å². The third-order valence-electron chi connectivity index (χ3n) is 3.20. The second kappa shape index (κ2) is 5.69. The van der Waals surface area contributed by atoms with E-state index in [1.165, 1.54) is 6.42 Å². The Kier molecular flexibility index (Phi) is 4.23. The molecule has 3 N–H and O–H groups in total. The highest BCUT2D eigenvalue weighted by Gasteiger charge is 2.21. The summed E-state index contributed by atoms with van der Waals surface area (Å²) in [5, 5.41) is 9.01. The van der Waals surface area contributed by atoms with Gasteiger partial charge in [0.2, 0.25) is 0 Å². The van der Waals surface area contributed by atoms with Crippen molar-refractivity contribution in [1.29, 1.82) is 0 Å². The minimum Gasteiger partial charge on any atom is -0.397 e. The summed E-state index contributed by atoms with van der Waals surface area (Å²) in [7, 11) is 0. The van der Waals surface area contributed by atoms with Crippen molar-refractivity contribution in [2.24, 2.45) is 5.92 Å². The van der Waals surface area contributed by atoms with Crippen LogP contribution in [0, 0.1) is 5.92 Å². The summed E-state index contributed by atoms with van der Waals surface area (Å²) >= 11 is 3.51. The van der Waals surface area contributed by atoms with E-state index in [4.69, 9.17) is 10.8 Å². The first-order chi connectivity index (χ1) is 8.20. The lowest BCUT2D eigenvalue weighted by Gasteiger charge is -2.33. The molecule has 94 valence electrons. The van der Waals surface area contributed by atoms with Gasteiger partial charge in [-0.05, 0) is 47.2 Å². The van der Waals surface area contributed by atoms with E-state index in [2.05, 4.69) is 25.8 Å². The normalized spacial score (nSPS) is 20.6. The molecule has 2 rings (SSSR count). The van der Waals surface area contributed by atoms with Crippen LogP contribution in [0.2, 0.25) is 0 Å². The highest BCUT2D eigenvalue weighted by atomic mass is 79.9. The summed E-state index contributed by atoms with van der Waals surface area (Å²) < 4.78 is 0.946. The summed E-state index contributed by atoms with van der Waals surface area (Å²) in [4.78, 5) is 6.66. The largest absolute Gasteiger partial charge is 0.397 e. The average Bonchev–Trinajstić information content (AvgIpc) is 2.29. The number of hydrogen-bond acceptors (Lipinski definition) is 4. The minimum absolute atomic E-state index is 0.273. The van der Waals surface area contributed by atoms with E-state index in [9.17, 15) is 0 Å². The standard InChI is InChI=1S/C12H18BrN3O/c13-11-6-10(14)7-15-12(11)16-4-1-2-9(8-16)3-5-17/h6-7,9,17H,1-5,8,14H2. The molecular formula is C12H18BrN3O. The van der Waals surface area contributed by atoms with Crippen molar-refractivity contribution >= 4 is 27.4 Å². The van der Waals surface area contributed by atoms with Crippen molar-refractivity contribution in [3.63, 3.8) is 0 Å². The number of aliphatic hydroxyl groups is 1. The molecule has 1 aliphatic heterocycles.